The van der Waals surface area contributed by atoms with Crippen LogP contribution in [0.4, 0.5) is 18.9 Å². The van der Waals surface area contributed by atoms with Crippen LogP contribution in [0.15, 0.2) is 109 Å². The molecule has 0 amide bonds. The summed E-state index contributed by atoms with van der Waals surface area (Å²) in [6, 6.07) is 34.3. The first-order valence-corrected chi connectivity index (χ1v) is 13.4. The van der Waals surface area contributed by atoms with Gasteiger partial charge in [-0.25, -0.2) is 0 Å². The van der Waals surface area contributed by atoms with Crippen molar-refractivity contribution in [1.82, 2.24) is 4.90 Å². The van der Waals surface area contributed by atoms with E-state index in [-0.39, 0.29) is 0 Å². The summed E-state index contributed by atoms with van der Waals surface area (Å²) in [6.45, 7) is 5.03. The summed E-state index contributed by atoms with van der Waals surface area (Å²) >= 11 is 0. The highest BCUT2D eigenvalue weighted by molar-refractivity contribution is 5.48. The summed E-state index contributed by atoms with van der Waals surface area (Å²) in [4.78, 5) is 4.80. The Hall–Kier alpha value is -3.61. The van der Waals surface area contributed by atoms with Gasteiger partial charge in [0.1, 0.15) is 6.10 Å². The lowest BCUT2D eigenvalue weighted by molar-refractivity contribution is -0.137. The SMILES string of the molecule is FC(F)(F)c1ccc(C(OCCN2CCN(c3ccc(Cc4ccccc4)cc3)CC2)c2ccccc2)cc1. The number of anilines is 1. The number of rotatable bonds is 9. The van der Waals surface area contributed by atoms with Crippen LogP contribution in [0.25, 0.3) is 0 Å². The Kier molecular flexibility index (Phi) is 8.64. The van der Waals surface area contributed by atoms with E-state index in [0.717, 1.165) is 62.4 Å². The van der Waals surface area contributed by atoms with Gasteiger partial charge in [0.05, 0.1) is 12.2 Å². The maximum Gasteiger partial charge on any atom is 0.416 e. The molecule has 0 radical (unpaired) electrons. The Morgan fingerprint density at radius 3 is 1.82 bits per heavy atom. The molecule has 39 heavy (non-hydrogen) atoms. The van der Waals surface area contributed by atoms with Crippen molar-refractivity contribution in [3.05, 3.63) is 137 Å². The average molecular weight is 531 g/mol. The second-order valence-electron chi connectivity index (χ2n) is 9.94. The van der Waals surface area contributed by atoms with E-state index in [4.69, 9.17) is 4.74 Å². The van der Waals surface area contributed by atoms with Crippen molar-refractivity contribution in [2.24, 2.45) is 0 Å². The van der Waals surface area contributed by atoms with Gasteiger partial charge in [0.25, 0.3) is 0 Å². The highest BCUT2D eigenvalue weighted by atomic mass is 19.4. The largest absolute Gasteiger partial charge is 0.416 e. The van der Waals surface area contributed by atoms with Crippen molar-refractivity contribution in [3.63, 3.8) is 0 Å². The molecule has 1 aliphatic rings. The van der Waals surface area contributed by atoms with E-state index in [0.29, 0.717) is 6.61 Å². The summed E-state index contributed by atoms with van der Waals surface area (Å²) in [5, 5.41) is 0. The number of alkyl halides is 3. The van der Waals surface area contributed by atoms with Gasteiger partial charge >= 0.3 is 6.18 Å². The van der Waals surface area contributed by atoms with Crippen molar-refractivity contribution >= 4 is 5.69 Å². The molecule has 1 unspecified atom stereocenters. The third-order valence-electron chi connectivity index (χ3n) is 7.26. The second kappa shape index (κ2) is 12.5. The zero-order chi connectivity index (χ0) is 27.1. The third kappa shape index (κ3) is 7.28. The maximum absolute atomic E-state index is 13.0. The molecule has 3 nitrogen and oxygen atoms in total. The molecule has 0 saturated carbocycles. The van der Waals surface area contributed by atoms with Gasteiger partial charge in [-0.05, 0) is 52.9 Å². The van der Waals surface area contributed by atoms with Crippen LogP contribution in [-0.4, -0.2) is 44.2 Å². The Morgan fingerprint density at radius 1 is 0.641 bits per heavy atom. The predicted octanol–water partition coefficient (Wildman–Crippen LogP) is 7.22. The van der Waals surface area contributed by atoms with Crippen LogP contribution in [0.5, 0.6) is 0 Å². The molecule has 1 fully saturated rings. The number of ether oxygens (including phenoxy) is 1. The molecular formula is C33H33F3N2O. The standard InChI is InChI=1S/C33H33F3N2O/c34-33(35,36)30-15-13-29(14-16-30)32(28-9-5-2-6-10-28)39-24-23-37-19-21-38(22-20-37)31-17-11-27(12-18-31)25-26-7-3-1-4-8-26/h1-18,32H,19-25H2. The fourth-order valence-electron chi connectivity index (χ4n) is 5.05. The third-order valence-corrected chi connectivity index (χ3v) is 7.26. The maximum atomic E-state index is 13.0. The van der Waals surface area contributed by atoms with Gasteiger partial charge in [0.15, 0.2) is 0 Å². The minimum absolute atomic E-state index is 0.413. The van der Waals surface area contributed by atoms with Crippen LogP contribution in [0.3, 0.4) is 0 Å². The molecule has 1 atom stereocenters. The molecule has 0 spiro atoms. The first-order valence-electron chi connectivity index (χ1n) is 13.4. The zero-order valence-corrected chi connectivity index (χ0v) is 21.9. The van der Waals surface area contributed by atoms with E-state index in [9.17, 15) is 13.2 Å². The molecule has 202 valence electrons. The van der Waals surface area contributed by atoms with Gasteiger partial charge in [-0.2, -0.15) is 13.2 Å². The quantitative estimate of drug-likeness (QED) is 0.227. The number of piperazine rings is 1. The number of hydrogen-bond donors (Lipinski definition) is 0. The molecular weight excluding hydrogens is 497 g/mol. The fraction of sp³-hybridized carbons (Fsp3) is 0.273. The van der Waals surface area contributed by atoms with Crippen LogP contribution in [0.1, 0.15) is 33.9 Å². The zero-order valence-electron chi connectivity index (χ0n) is 21.9. The van der Waals surface area contributed by atoms with Gasteiger partial charge < -0.3 is 9.64 Å². The molecule has 0 aliphatic carbocycles. The monoisotopic (exact) mass is 530 g/mol. The van der Waals surface area contributed by atoms with Crippen LogP contribution < -0.4 is 4.90 Å². The molecule has 4 aromatic rings. The van der Waals surface area contributed by atoms with Crippen LogP contribution >= 0.6 is 0 Å². The molecule has 1 heterocycles. The van der Waals surface area contributed by atoms with Gasteiger partial charge in [-0.1, -0.05) is 84.9 Å². The Bertz CT molecular complexity index is 1290. The van der Waals surface area contributed by atoms with Crippen LogP contribution in [-0.2, 0) is 17.3 Å². The molecule has 1 saturated heterocycles. The first-order chi connectivity index (χ1) is 19.0. The lowest BCUT2D eigenvalue weighted by Crippen LogP contribution is -2.47. The summed E-state index contributed by atoms with van der Waals surface area (Å²) < 4.78 is 45.4. The summed E-state index contributed by atoms with van der Waals surface area (Å²) in [6.07, 6.45) is -3.83. The molecule has 1 aliphatic heterocycles. The molecule has 0 N–H and O–H groups in total. The van der Waals surface area contributed by atoms with E-state index < -0.39 is 17.8 Å². The van der Waals surface area contributed by atoms with Crippen LogP contribution in [0, 0.1) is 0 Å². The summed E-state index contributed by atoms with van der Waals surface area (Å²) in [5.74, 6) is 0. The highest BCUT2D eigenvalue weighted by Gasteiger charge is 2.30. The van der Waals surface area contributed by atoms with E-state index in [1.165, 1.54) is 28.9 Å². The van der Waals surface area contributed by atoms with Gasteiger partial charge in [0.2, 0.25) is 0 Å². The van der Waals surface area contributed by atoms with Crippen molar-refractivity contribution in [2.45, 2.75) is 18.7 Å². The Balaban J connectivity index is 1.13. The van der Waals surface area contributed by atoms with Crippen molar-refractivity contribution in [1.29, 1.82) is 0 Å². The fourth-order valence-corrected chi connectivity index (χ4v) is 5.05. The minimum Gasteiger partial charge on any atom is -0.369 e. The van der Waals surface area contributed by atoms with E-state index >= 15 is 0 Å². The Morgan fingerprint density at radius 2 is 1.21 bits per heavy atom. The lowest BCUT2D eigenvalue weighted by Gasteiger charge is -2.36. The van der Waals surface area contributed by atoms with Gasteiger partial charge in [-0.15, -0.1) is 0 Å². The molecule has 0 aromatic heterocycles. The smallest absolute Gasteiger partial charge is 0.369 e. The predicted molar refractivity (Wildman–Crippen MR) is 150 cm³/mol. The first kappa shape index (κ1) is 27.0. The average Bonchev–Trinajstić information content (AvgIpc) is 2.97. The highest BCUT2D eigenvalue weighted by Crippen LogP contribution is 2.32. The van der Waals surface area contributed by atoms with E-state index in [1.807, 2.05) is 36.4 Å². The van der Waals surface area contributed by atoms with Gasteiger partial charge in [0, 0.05) is 38.4 Å². The molecule has 4 aromatic carbocycles. The topological polar surface area (TPSA) is 15.7 Å². The lowest BCUT2D eigenvalue weighted by atomic mass is 10.00. The summed E-state index contributed by atoms with van der Waals surface area (Å²) in [5.41, 5.74) is 4.86. The Labute approximate surface area is 228 Å². The number of hydrogen-bond acceptors (Lipinski definition) is 3. The molecule has 5 rings (SSSR count). The number of halogens is 3. The van der Waals surface area contributed by atoms with Crippen LogP contribution in [0.2, 0.25) is 0 Å². The number of benzene rings is 4. The van der Waals surface area contributed by atoms with Crippen molar-refractivity contribution < 1.29 is 17.9 Å². The molecule has 0 bridgehead atoms. The number of nitrogens with zero attached hydrogens (tertiary/aromatic N) is 2. The van der Waals surface area contributed by atoms with Gasteiger partial charge in [-0.3, -0.25) is 4.90 Å². The van der Waals surface area contributed by atoms with Crippen molar-refractivity contribution in [3.8, 4) is 0 Å². The molecule has 6 heteroatoms. The second-order valence-corrected chi connectivity index (χ2v) is 9.94. The van der Waals surface area contributed by atoms with E-state index in [1.54, 1.807) is 0 Å². The summed E-state index contributed by atoms with van der Waals surface area (Å²) in [7, 11) is 0. The van der Waals surface area contributed by atoms with Crippen molar-refractivity contribution in [2.75, 3.05) is 44.2 Å². The van der Waals surface area contributed by atoms with E-state index in [2.05, 4.69) is 58.3 Å². The minimum atomic E-state index is -4.35. The normalized spacial score (nSPS) is 15.3.